The molecular formula is C21H17ClFN3O3S. The Labute approximate surface area is 181 Å². The van der Waals surface area contributed by atoms with Crippen LogP contribution in [-0.2, 0) is 16.9 Å². The molecule has 2 heterocycles. The van der Waals surface area contributed by atoms with E-state index in [1.54, 1.807) is 19.4 Å². The maximum absolute atomic E-state index is 13.4. The highest BCUT2D eigenvalue weighted by Crippen LogP contribution is 2.36. The van der Waals surface area contributed by atoms with Gasteiger partial charge in [0.2, 0.25) is 0 Å². The van der Waals surface area contributed by atoms with Gasteiger partial charge < -0.3 is 10.1 Å². The van der Waals surface area contributed by atoms with Crippen LogP contribution in [0.3, 0.4) is 0 Å². The minimum absolute atomic E-state index is 0.00468. The molecule has 1 unspecified atom stereocenters. The normalized spacial score (nSPS) is 18.6. The topological polar surface area (TPSA) is 71.5 Å². The zero-order valence-corrected chi connectivity index (χ0v) is 17.7. The standard InChI is InChI=1S/C21H17ClFN3O3S/c1-21(15-8-7-12(23)9-16(15)22)19(27)26(20(28)25-21)10-13-11-30-18(24-13)14-5-3-4-6-17(14)29-2/h3-9,11H,10H2,1-2H3,(H,25,28). The molecule has 1 N–H and O–H groups in total. The molecule has 3 amide bonds. The summed E-state index contributed by atoms with van der Waals surface area (Å²) in [4.78, 5) is 31.3. The minimum atomic E-state index is -1.39. The highest BCUT2D eigenvalue weighted by molar-refractivity contribution is 7.13. The first-order chi connectivity index (χ1) is 14.3. The van der Waals surface area contributed by atoms with Crippen LogP contribution in [0.15, 0.2) is 47.8 Å². The Balaban J connectivity index is 1.60. The Hall–Kier alpha value is -2.97. The molecule has 1 aromatic heterocycles. The van der Waals surface area contributed by atoms with Gasteiger partial charge in [-0.05, 0) is 31.2 Å². The lowest BCUT2D eigenvalue weighted by Crippen LogP contribution is -2.41. The molecule has 0 spiro atoms. The molecule has 1 saturated heterocycles. The number of ether oxygens (including phenoxy) is 1. The van der Waals surface area contributed by atoms with E-state index in [-0.39, 0.29) is 11.6 Å². The lowest BCUT2D eigenvalue weighted by molar-refractivity contribution is -0.131. The van der Waals surface area contributed by atoms with Gasteiger partial charge in [-0.15, -0.1) is 11.3 Å². The SMILES string of the molecule is COc1ccccc1-c1nc(CN2C(=O)NC(C)(c3ccc(F)cc3Cl)C2=O)cs1. The van der Waals surface area contributed by atoms with Gasteiger partial charge in [0.05, 0.1) is 24.9 Å². The average Bonchev–Trinajstić information content (AvgIpc) is 3.27. The predicted octanol–water partition coefficient (Wildman–Crippen LogP) is 4.58. The van der Waals surface area contributed by atoms with Crippen molar-refractivity contribution in [2.45, 2.75) is 19.0 Å². The number of rotatable bonds is 5. The Bertz CT molecular complexity index is 1150. The van der Waals surface area contributed by atoms with Crippen molar-refractivity contribution in [3.8, 4) is 16.3 Å². The number of hydrogen-bond donors (Lipinski definition) is 1. The third-order valence-corrected chi connectivity index (χ3v) is 6.19. The number of urea groups is 1. The molecule has 0 bridgehead atoms. The number of aromatic nitrogens is 1. The number of para-hydroxylation sites is 1. The predicted molar refractivity (Wildman–Crippen MR) is 112 cm³/mol. The zero-order valence-electron chi connectivity index (χ0n) is 16.1. The molecular weight excluding hydrogens is 429 g/mol. The molecule has 6 nitrogen and oxygen atoms in total. The molecule has 0 aliphatic carbocycles. The van der Waals surface area contributed by atoms with Crippen LogP contribution in [0, 0.1) is 5.82 Å². The zero-order chi connectivity index (χ0) is 21.5. The van der Waals surface area contributed by atoms with Gasteiger partial charge in [0, 0.05) is 16.0 Å². The maximum Gasteiger partial charge on any atom is 0.325 e. The number of nitrogens with zero attached hydrogens (tertiary/aromatic N) is 2. The number of imide groups is 1. The summed E-state index contributed by atoms with van der Waals surface area (Å²) in [6.45, 7) is 1.55. The van der Waals surface area contributed by atoms with E-state index in [1.807, 2.05) is 24.3 Å². The first kappa shape index (κ1) is 20.3. The van der Waals surface area contributed by atoms with Crippen molar-refractivity contribution < 1.29 is 18.7 Å². The average molecular weight is 446 g/mol. The van der Waals surface area contributed by atoms with Crippen LogP contribution in [0.2, 0.25) is 5.02 Å². The van der Waals surface area contributed by atoms with Crippen LogP contribution in [0.5, 0.6) is 5.75 Å². The number of benzene rings is 2. The summed E-state index contributed by atoms with van der Waals surface area (Å²) in [6.07, 6.45) is 0. The lowest BCUT2D eigenvalue weighted by atomic mass is 9.92. The van der Waals surface area contributed by atoms with Crippen molar-refractivity contribution in [3.63, 3.8) is 0 Å². The van der Waals surface area contributed by atoms with E-state index in [0.29, 0.717) is 17.0 Å². The largest absolute Gasteiger partial charge is 0.496 e. The highest BCUT2D eigenvalue weighted by atomic mass is 35.5. The van der Waals surface area contributed by atoms with E-state index in [1.165, 1.54) is 23.5 Å². The van der Waals surface area contributed by atoms with Crippen LogP contribution in [0.25, 0.3) is 10.6 Å². The Morgan fingerprint density at radius 2 is 2.03 bits per heavy atom. The van der Waals surface area contributed by atoms with Gasteiger partial charge >= 0.3 is 6.03 Å². The Morgan fingerprint density at radius 3 is 2.77 bits per heavy atom. The molecule has 1 aliphatic rings. The van der Waals surface area contributed by atoms with E-state index < -0.39 is 23.3 Å². The molecule has 0 saturated carbocycles. The van der Waals surface area contributed by atoms with E-state index in [4.69, 9.17) is 16.3 Å². The summed E-state index contributed by atoms with van der Waals surface area (Å²) in [5.74, 6) is -0.313. The third kappa shape index (κ3) is 3.42. The van der Waals surface area contributed by atoms with Crippen LogP contribution in [0.1, 0.15) is 18.2 Å². The molecule has 4 rings (SSSR count). The number of carbonyl (C=O) groups is 2. The number of nitrogens with one attached hydrogen (secondary N) is 1. The van der Waals surface area contributed by atoms with Gasteiger partial charge in [0.25, 0.3) is 5.91 Å². The molecule has 154 valence electrons. The molecule has 9 heteroatoms. The molecule has 2 aromatic carbocycles. The van der Waals surface area contributed by atoms with Crippen LogP contribution in [0.4, 0.5) is 9.18 Å². The molecule has 0 radical (unpaired) electrons. The van der Waals surface area contributed by atoms with Crippen molar-refractivity contribution in [2.75, 3.05) is 7.11 Å². The molecule has 1 atom stereocenters. The second-order valence-electron chi connectivity index (χ2n) is 6.91. The van der Waals surface area contributed by atoms with Gasteiger partial charge in [0.15, 0.2) is 0 Å². The van der Waals surface area contributed by atoms with Gasteiger partial charge in [-0.1, -0.05) is 29.8 Å². The first-order valence-electron chi connectivity index (χ1n) is 9.01. The number of carbonyl (C=O) groups excluding carboxylic acids is 2. The van der Waals surface area contributed by atoms with Crippen molar-refractivity contribution in [3.05, 3.63) is 69.9 Å². The van der Waals surface area contributed by atoms with Gasteiger partial charge in [-0.25, -0.2) is 14.2 Å². The smallest absolute Gasteiger partial charge is 0.325 e. The van der Waals surface area contributed by atoms with Crippen molar-refractivity contribution >= 4 is 34.9 Å². The van der Waals surface area contributed by atoms with Crippen molar-refractivity contribution in [2.24, 2.45) is 0 Å². The second kappa shape index (κ2) is 7.70. The van der Waals surface area contributed by atoms with E-state index in [2.05, 4.69) is 10.3 Å². The summed E-state index contributed by atoms with van der Waals surface area (Å²) >= 11 is 7.53. The van der Waals surface area contributed by atoms with E-state index in [9.17, 15) is 14.0 Å². The first-order valence-corrected chi connectivity index (χ1v) is 10.3. The minimum Gasteiger partial charge on any atom is -0.496 e. The summed E-state index contributed by atoms with van der Waals surface area (Å²) < 4.78 is 18.8. The van der Waals surface area contributed by atoms with Crippen molar-refractivity contribution in [1.29, 1.82) is 0 Å². The number of methoxy groups -OCH3 is 1. The van der Waals surface area contributed by atoms with Gasteiger partial charge in [-0.2, -0.15) is 0 Å². The maximum atomic E-state index is 13.4. The van der Waals surface area contributed by atoms with Crippen LogP contribution < -0.4 is 10.1 Å². The van der Waals surface area contributed by atoms with E-state index in [0.717, 1.165) is 21.5 Å². The van der Waals surface area contributed by atoms with Gasteiger partial charge in [-0.3, -0.25) is 9.69 Å². The van der Waals surface area contributed by atoms with Crippen LogP contribution >= 0.6 is 22.9 Å². The molecule has 3 aromatic rings. The van der Waals surface area contributed by atoms with Crippen molar-refractivity contribution in [1.82, 2.24) is 15.2 Å². The number of hydrogen-bond acceptors (Lipinski definition) is 5. The van der Waals surface area contributed by atoms with E-state index >= 15 is 0 Å². The summed E-state index contributed by atoms with van der Waals surface area (Å²) in [5, 5.41) is 5.26. The monoisotopic (exact) mass is 445 g/mol. The molecule has 1 fully saturated rings. The summed E-state index contributed by atoms with van der Waals surface area (Å²) in [6, 6.07) is 10.6. The third-order valence-electron chi connectivity index (χ3n) is 4.95. The summed E-state index contributed by atoms with van der Waals surface area (Å²) in [7, 11) is 1.59. The quantitative estimate of drug-likeness (QED) is 0.583. The van der Waals surface area contributed by atoms with Crippen LogP contribution in [-0.4, -0.2) is 28.9 Å². The Morgan fingerprint density at radius 1 is 1.27 bits per heavy atom. The lowest BCUT2D eigenvalue weighted by Gasteiger charge is -2.23. The number of halogens is 2. The molecule has 1 aliphatic heterocycles. The fourth-order valence-electron chi connectivity index (χ4n) is 3.40. The fourth-order valence-corrected chi connectivity index (χ4v) is 4.60. The highest BCUT2D eigenvalue weighted by Gasteiger charge is 2.50. The van der Waals surface area contributed by atoms with Gasteiger partial charge in [0.1, 0.15) is 22.1 Å². The number of thiazole rings is 1. The second-order valence-corrected chi connectivity index (χ2v) is 8.18. The summed E-state index contributed by atoms with van der Waals surface area (Å²) in [5.41, 5.74) is 0.346. The number of amides is 3. The Kier molecular flexibility index (Phi) is 5.21. The molecule has 30 heavy (non-hydrogen) atoms. The fraction of sp³-hybridized carbons (Fsp3) is 0.190.